The molecule has 0 saturated carbocycles. The lowest BCUT2D eigenvalue weighted by Crippen LogP contribution is -2.29. The van der Waals surface area contributed by atoms with Crippen LogP contribution in [-0.2, 0) is 17.5 Å². The van der Waals surface area contributed by atoms with Crippen LogP contribution in [0.1, 0.15) is 11.1 Å². The molecule has 0 unspecified atom stereocenters. The molecule has 0 aliphatic heterocycles. The molecule has 0 spiro atoms. The van der Waals surface area contributed by atoms with Crippen molar-refractivity contribution in [1.82, 2.24) is 4.57 Å². The summed E-state index contributed by atoms with van der Waals surface area (Å²) in [5.41, 5.74) is -1.31. The number of rotatable bonds is 3. The lowest BCUT2D eigenvalue weighted by Gasteiger charge is -2.12. The van der Waals surface area contributed by atoms with Gasteiger partial charge in [0.05, 0.1) is 17.2 Å². The summed E-state index contributed by atoms with van der Waals surface area (Å²) in [5.74, 6) is -0.711. The predicted octanol–water partition coefficient (Wildman–Crippen LogP) is 3.03. The van der Waals surface area contributed by atoms with Gasteiger partial charge in [-0.1, -0.05) is 11.6 Å². The highest BCUT2D eigenvalue weighted by atomic mass is 35.5. The summed E-state index contributed by atoms with van der Waals surface area (Å²) in [7, 11) is 0. The summed E-state index contributed by atoms with van der Waals surface area (Å²) in [6.07, 6.45) is -4.16. The average molecular weight is 356 g/mol. The normalized spacial score (nSPS) is 11.0. The fraction of sp³-hybridized carbons (Fsp3) is 0.133. The summed E-state index contributed by atoms with van der Waals surface area (Å²) in [6.45, 7) is -0.636. The van der Waals surface area contributed by atoms with Gasteiger partial charge in [0.15, 0.2) is 0 Å². The van der Waals surface area contributed by atoms with Crippen LogP contribution in [0, 0.1) is 11.3 Å². The molecular formula is C15H9ClF3N3O2. The van der Waals surface area contributed by atoms with Crippen LogP contribution in [0.4, 0.5) is 18.9 Å². The van der Waals surface area contributed by atoms with Crippen molar-refractivity contribution < 1.29 is 18.0 Å². The Morgan fingerprint density at radius 3 is 2.46 bits per heavy atom. The number of carbonyl (C=O) groups is 1. The first kappa shape index (κ1) is 17.6. The molecule has 0 fully saturated rings. The van der Waals surface area contributed by atoms with Crippen LogP contribution in [0.15, 0.2) is 41.3 Å². The van der Waals surface area contributed by atoms with E-state index in [0.717, 1.165) is 0 Å². The zero-order valence-corrected chi connectivity index (χ0v) is 12.6. The van der Waals surface area contributed by atoms with E-state index in [2.05, 4.69) is 5.32 Å². The summed E-state index contributed by atoms with van der Waals surface area (Å²) in [5, 5.41) is 10.5. The van der Waals surface area contributed by atoms with Gasteiger partial charge in [0.1, 0.15) is 11.6 Å². The molecule has 1 N–H and O–H groups in total. The number of aromatic nitrogens is 1. The van der Waals surface area contributed by atoms with Crippen molar-refractivity contribution in [2.45, 2.75) is 12.7 Å². The number of carbonyl (C=O) groups excluding carboxylic acids is 1. The summed E-state index contributed by atoms with van der Waals surface area (Å²) >= 11 is 5.51. The molecule has 9 heteroatoms. The Labute approximate surface area is 138 Å². The van der Waals surface area contributed by atoms with Gasteiger partial charge in [0, 0.05) is 11.9 Å². The molecule has 0 aliphatic carbocycles. The molecule has 2 aromatic rings. The lowest BCUT2D eigenvalue weighted by atomic mass is 10.2. The van der Waals surface area contributed by atoms with Gasteiger partial charge in [-0.2, -0.15) is 18.4 Å². The zero-order chi connectivity index (χ0) is 17.9. The van der Waals surface area contributed by atoms with E-state index in [4.69, 9.17) is 16.9 Å². The van der Waals surface area contributed by atoms with E-state index in [1.54, 1.807) is 0 Å². The van der Waals surface area contributed by atoms with Gasteiger partial charge >= 0.3 is 6.18 Å². The largest absolute Gasteiger partial charge is 0.417 e. The van der Waals surface area contributed by atoms with Gasteiger partial charge in [-0.15, -0.1) is 0 Å². The second kappa shape index (κ2) is 6.76. The number of nitrogens with zero attached hydrogens (tertiary/aromatic N) is 2. The average Bonchev–Trinajstić information content (AvgIpc) is 2.51. The smallest absolute Gasteiger partial charge is 0.325 e. The number of halogens is 4. The third-order valence-corrected chi connectivity index (χ3v) is 3.25. The van der Waals surface area contributed by atoms with Crippen molar-refractivity contribution in [2.75, 3.05) is 5.32 Å². The predicted molar refractivity (Wildman–Crippen MR) is 80.5 cm³/mol. The Morgan fingerprint density at radius 2 is 1.92 bits per heavy atom. The topological polar surface area (TPSA) is 74.9 Å². The number of pyridine rings is 1. The van der Waals surface area contributed by atoms with Crippen LogP contribution in [0.3, 0.4) is 0 Å². The van der Waals surface area contributed by atoms with E-state index < -0.39 is 34.8 Å². The number of hydrogen-bond donors (Lipinski definition) is 1. The monoisotopic (exact) mass is 355 g/mol. The van der Waals surface area contributed by atoms with Gasteiger partial charge in [0.2, 0.25) is 5.91 Å². The Hall–Kier alpha value is -2.79. The van der Waals surface area contributed by atoms with Gasteiger partial charge in [-0.25, -0.2) is 0 Å². The minimum Gasteiger partial charge on any atom is -0.325 e. The number of benzene rings is 1. The third kappa shape index (κ3) is 4.14. The van der Waals surface area contributed by atoms with Crippen molar-refractivity contribution >= 4 is 23.2 Å². The first-order chi connectivity index (χ1) is 11.2. The molecule has 0 bridgehead atoms. The Kier molecular flexibility index (Phi) is 4.95. The van der Waals surface area contributed by atoms with Crippen molar-refractivity contribution in [2.24, 2.45) is 0 Å². The minimum absolute atomic E-state index is 0.338. The van der Waals surface area contributed by atoms with E-state index in [-0.39, 0.29) is 0 Å². The summed E-state index contributed by atoms with van der Waals surface area (Å²) < 4.78 is 38.8. The maximum atomic E-state index is 12.7. The van der Waals surface area contributed by atoms with Crippen molar-refractivity contribution in [1.29, 1.82) is 5.26 Å². The van der Waals surface area contributed by atoms with Gasteiger partial charge < -0.3 is 9.88 Å². The van der Waals surface area contributed by atoms with Crippen LogP contribution in [0.5, 0.6) is 0 Å². The molecule has 0 aliphatic rings. The van der Waals surface area contributed by atoms with E-state index in [0.29, 0.717) is 28.1 Å². The van der Waals surface area contributed by atoms with Crippen molar-refractivity contribution in [3.63, 3.8) is 0 Å². The van der Waals surface area contributed by atoms with Crippen molar-refractivity contribution in [3.05, 3.63) is 63.0 Å². The summed E-state index contributed by atoms with van der Waals surface area (Å²) in [4.78, 5) is 23.7. The minimum atomic E-state index is -4.69. The zero-order valence-electron chi connectivity index (χ0n) is 11.9. The van der Waals surface area contributed by atoms with E-state index in [1.165, 1.54) is 24.3 Å². The van der Waals surface area contributed by atoms with Crippen LogP contribution < -0.4 is 10.9 Å². The second-order valence-electron chi connectivity index (χ2n) is 4.74. The summed E-state index contributed by atoms with van der Waals surface area (Å²) in [6, 6.07) is 8.25. The molecular weight excluding hydrogens is 347 g/mol. The van der Waals surface area contributed by atoms with Crippen LogP contribution in [0.2, 0.25) is 5.02 Å². The maximum absolute atomic E-state index is 12.7. The Morgan fingerprint density at radius 1 is 1.29 bits per heavy atom. The lowest BCUT2D eigenvalue weighted by molar-refractivity contribution is -0.138. The Bertz CT molecular complexity index is 868. The molecule has 1 aromatic heterocycles. The SMILES string of the molecule is N#Cc1ccc(NC(=O)Cn2cc(C(F)(F)F)cc(Cl)c2=O)cc1. The molecule has 1 heterocycles. The van der Waals surface area contributed by atoms with Crippen LogP contribution in [0.25, 0.3) is 0 Å². The highest BCUT2D eigenvalue weighted by molar-refractivity contribution is 6.30. The molecule has 5 nitrogen and oxygen atoms in total. The first-order valence-corrected chi connectivity index (χ1v) is 6.85. The van der Waals surface area contributed by atoms with Crippen LogP contribution >= 0.6 is 11.6 Å². The molecule has 1 aromatic carbocycles. The maximum Gasteiger partial charge on any atom is 0.417 e. The molecule has 0 radical (unpaired) electrons. The van der Waals surface area contributed by atoms with Gasteiger partial charge in [0.25, 0.3) is 5.56 Å². The van der Waals surface area contributed by atoms with E-state index in [9.17, 15) is 22.8 Å². The number of nitrogens with one attached hydrogen (secondary N) is 1. The molecule has 24 heavy (non-hydrogen) atoms. The number of alkyl halides is 3. The first-order valence-electron chi connectivity index (χ1n) is 6.48. The van der Waals surface area contributed by atoms with E-state index >= 15 is 0 Å². The quantitative estimate of drug-likeness (QED) is 0.919. The van der Waals surface area contributed by atoms with Gasteiger partial charge in [-0.3, -0.25) is 9.59 Å². The molecule has 1 amide bonds. The van der Waals surface area contributed by atoms with Gasteiger partial charge in [-0.05, 0) is 30.3 Å². The number of amides is 1. The molecule has 0 saturated heterocycles. The number of nitriles is 1. The van der Waals surface area contributed by atoms with Crippen molar-refractivity contribution in [3.8, 4) is 6.07 Å². The standard InChI is InChI=1S/C15H9ClF3N3O2/c16-12-5-10(15(17,18)19)7-22(14(12)24)8-13(23)21-11-3-1-9(6-20)2-4-11/h1-5,7H,8H2,(H,21,23). The fourth-order valence-electron chi connectivity index (χ4n) is 1.86. The number of hydrogen-bond acceptors (Lipinski definition) is 3. The molecule has 2 rings (SSSR count). The highest BCUT2D eigenvalue weighted by Gasteiger charge is 2.32. The second-order valence-corrected chi connectivity index (χ2v) is 5.15. The van der Waals surface area contributed by atoms with E-state index in [1.807, 2.05) is 6.07 Å². The number of anilines is 1. The fourth-order valence-corrected chi connectivity index (χ4v) is 2.08. The molecule has 0 atom stereocenters. The third-order valence-electron chi connectivity index (χ3n) is 2.98. The van der Waals surface area contributed by atoms with Crippen LogP contribution in [-0.4, -0.2) is 10.5 Å². The molecule has 124 valence electrons. The Balaban J connectivity index is 2.20. The highest BCUT2D eigenvalue weighted by Crippen LogP contribution is 2.29.